The van der Waals surface area contributed by atoms with Crippen molar-refractivity contribution in [2.45, 2.75) is 12.7 Å². The Bertz CT molecular complexity index is 54.4. The molecule has 0 aromatic heterocycles. The number of ether oxygens (including phenoxy) is 2. The molecule has 10 heavy (non-hydrogen) atoms. The lowest BCUT2D eigenvalue weighted by Gasteiger charge is -2.12. The lowest BCUT2D eigenvalue weighted by molar-refractivity contribution is 0.0830. The van der Waals surface area contributed by atoms with Gasteiger partial charge in [-0.3, -0.25) is 0 Å². The van der Waals surface area contributed by atoms with Crippen molar-refractivity contribution in [1.29, 1.82) is 0 Å². The van der Waals surface area contributed by atoms with Gasteiger partial charge >= 0.3 is 0 Å². The van der Waals surface area contributed by atoms with Crippen LogP contribution >= 0.6 is 0 Å². The van der Waals surface area contributed by atoms with Crippen LogP contribution in [0, 0.1) is 5.92 Å². The molecule has 0 aliphatic heterocycles. The number of rotatable bonds is 6. The fourth-order valence-corrected chi connectivity index (χ4v) is 0.922. The van der Waals surface area contributed by atoms with Crippen LogP contribution in [0.25, 0.3) is 0 Å². The molecule has 0 aliphatic rings. The van der Waals surface area contributed by atoms with Gasteiger partial charge in [-0.1, -0.05) is 12.7 Å². The zero-order valence-electron chi connectivity index (χ0n) is 6.80. The van der Waals surface area contributed by atoms with Gasteiger partial charge in [0.25, 0.3) is 0 Å². The largest absolute Gasteiger partial charge is 0.384 e. The van der Waals surface area contributed by atoms with Crippen LogP contribution in [0.2, 0.25) is 6.32 Å². The Kier molecular flexibility index (Phi) is 7.09. The van der Waals surface area contributed by atoms with Gasteiger partial charge in [-0.05, 0) is 0 Å². The van der Waals surface area contributed by atoms with Gasteiger partial charge in [-0.2, -0.15) is 0 Å². The number of hydrogen-bond acceptors (Lipinski definition) is 2. The minimum Gasteiger partial charge on any atom is -0.384 e. The van der Waals surface area contributed by atoms with Crippen molar-refractivity contribution in [3.63, 3.8) is 0 Å². The third-order valence-electron chi connectivity index (χ3n) is 1.38. The highest BCUT2D eigenvalue weighted by Crippen LogP contribution is 2.05. The monoisotopic (exact) mass is 142 g/mol. The minimum atomic E-state index is 0.458. The van der Waals surface area contributed by atoms with E-state index in [0.29, 0.717) is 12.2 Å². The van der Waals surface area contributed by atoms with E-state index in [2.05, 4.69) is 0 Å². The van der Waals surface area contributed by atoms with Gasteiger partial charge in [0.05, 0.1) is 21.1 Å². The van der Waals surface area contributed by atoms with Crippen molar-refractivity contribution < 1.29 is 9.47 Å². The summed E-state index contributed by atoms with van der Waals surface area (Å²) in [6.07, 6.45) is 1.68. The summed E-state index contributed by atoms with van der Waals surface area (Å²) in [5.41, 5.74) is 0. The first-order valence-electron chi connectivity index (χ1n) is 3.53. The molecule has 58 valence electrons. The van der Waals surface area contributed by atoms with E-state index >= 15 is 0 Å². The summed E-state index contributed by atoms with van der Waals surface area (Å²) in [6, 6.07) is 0. The molecular formula is C7H15BO2. The zero-order chi connectivity index (χ0) is 7.82. The highest BCUT2D eigenvalue weighted by Gasteiger charge is 2.05. The predicted octanol–water partition coefficient (Wildman–Crippen LogP) is 0.872. The molecule has 0 aromatic carbocycles. The number of hydrogen-bond donors (Lipinski definition) is 0. The van der Waals surface area contributed by atoms with Gasteiger partial charge in [0.2, 0.25) is 0 Å². The standard InChI is InChI=1S/C7H15BO2/c1-9-5-7(3-4-8)6-10-2/h7H,3-6H2,1-2H3. The highest BCUT2D eigenvalue weighted by atomic mass is 16.5. The first kappa shape index (κ1) is 9.98. The fourth-order valence-electron chi connectivity index (χ4n) is 0.922. The van der Waals surface area contributed by atoms with E-state index in [-0.39, 0.29) is 0 Å². The van der Waals surface area contributed by atoms with Crippen molar-refractivity contribution in [3.8, 4) is 0 Å². The summed E-state index contributed by atoms with van der Waals surface area (Å²) in [7, 11) is 8.77. The predicted molar refractivity (Wildman–Crippen MR) is 42.4 cm³/mol. The van der Waals surface area contributed by atoms with Crippen LogP contribution in [0.15, 0.2) is 0 Å². The Balaban J connectivity index is 3.30. The van der Waals surface area contributed by atoms with Crippen molar-refractivity contribution >= 4 is 7.85 Å². The molecule has 0 N–H and O–H groups in total. The maximum atomic E-state index is 5.38. The molecule has 0 heterocycles. The van der Waals surface area contributed by atoms with Crippen LogP contribution < -0.4 is 0 Å². The maximum Gasteiger partial charge on any atom is 0.0653 e. The first-order chi connectivity index (χ1) is 4.85. The summed E-state index contributed by atoms with van der Waals surface area (Å²) in [5, 5.41) is 0. The quantitative estimate of drug-likeness (QED) is 0.512. The van der Waals surface area contributed by atoms with Crippen LogP contribution in [0.1, 0.15) is 6.42 Å². The molecule has 0 fully saturated rings. The first-order valence-corrected chi connectivity index (χ1v) is 3.53. The topological polar surface area (TPSA) is 18.5 Å². The van der Waals surface area contributed by atoms with Gasteiger partial charge in [-0.15, -0.1) is 0 Å². The lowest BCUT2D eigenvalue weighted by Crippen LogP contribution is -2.13. The normalized spacial score (nSPS) is 10.7. The Morgan fingerprint density at radius 2 is 1.70 bits per heavy atom. The summed E-state index contributed by atoms with van der Waals surface area (Å²) in [6.45, 7) is 1.48. The third-order valence-corrected chi connectivity index (χ3v) is 1.38. The van der Waals surface area contributed by atoms with E-state index in [1.165, 1.54) is 0 Å². The van der Waals surface area contributed by atoms with Gasteiger partial charge in [0, 0.05) is 20.1 Å². The van der Waals surface area contributed by atoms with E-state index in [4.69, 9.17) is 17.3 Å². The molecule has 0 atom stereocenters. The molecular weight excluding hydrogens is 127 g/mol. The second kappa shape index (κ2) is 7.10. The van der Waals surface area contributed by atoms with Crippen LogP contribution in [0.5, 0.6) is 0 Å². The third kappa shape index (κ3) is 4.83. The van der Waals surface area contributed by atoms with E-state index in [1.54, 1.807) is 14.2 Å². The van der Waals surface area contributed by atoms with E-state index in [9.17, 15) is 0 Å². The second-order valence-electron chi connectivity index (χ2n) is 2.35. The number of methoxy groups -OCH3 is 2. The fraction of sp³-hybridized carbons (Fsp3) is 1.00. The summed E-state index contributed by atoms with van der Waals surface area (Å²) >= 11 is 0. The molecule has 0 unspecified atom stereocenters. The van der Waals surface area contributed by atoms with Gasteiger partial charge in [0.15, 0.2) is 0 Å². The summed E-state index contributed by atoms with van der Waals surface area (Å²) in [4.78, 5) is 0. The molecule has 3 heteroatoms. The van der Waals surface area contributed by atoms with E-state index in [0.717, 1.165) is 19.6 Å². The lowest BCUT2D eigenvalue weighted by atomic mass is 9.94. The van der Waals surface area contributed by atoms with E-state index < -0.39 is 0 Å². The van der Waals surface area contributed by atoms with Gasteiger partial charge in [0.1, 0.15) is 0 Å². The average molecular weight is 142 g/mol. The molecule has 2 nitrogen and oxygen atoms in total. The molecule has 0 aromatic rings. The molecule has 0 amide bonds. The molecule has 0 bridgehead atoms. The SMILES string of the molecule is [B]CCC(COC)COC. The van der Waals surface area contributed by atoms with Crippen LogP contribution in [-0.2, 0) is 9.47 Å². The highest BCUT2D eigenvalue weighted by molar-refractivity contribution is 6.08. The smallest absolute Gasteiger partial charge is 0.0653 e. The molecule has 0 rings (SSSR count). The molecule has 0 saturated heterocycles. The minimum absolute atomic E-state index is 0.458. The van der Waals surface area contributed by atoms with Crippen molar-refractivity contribution in [2.24, 2.45) is 5.92 Å². The van der Waals surface area contributed by atoms with Crippen LogP contribution in [0.4, 0.5) is 0 Å². The molecule has 0 spiro atoms. The van der Waals surface area contributed by atoms with Crippen LogP contribution in [-0.4, -0.2) is 35.3 Å². The van der Waals surface area contributed by atoms with Crippen LogP contribution in [0.3, 0.4) is 0 Å². The summed E-state index contributed by atoms with van der Waals surface area (Å²) in [5.74, 6) is 0.458. The van der Waals surface area contributed by atoms with Gasteiger partial charge in [-0.25, -0.2) is 0 Å². The Labute approximate surface area is 64.3 Å². The average Bonchev–Trinajstić information content (AvgIpc) is 1.90. The summed E-state index contributed by atoms with van der Waals surface area (Å²) < 4.78 is 9.95. The Hall–Kier alpha value is -0.0151. The van der Waals surface area contributed by atoms with Gasteiger partial charge < -0.3 is 9.47 Å². The zero-order valence-corrected chi connectivity index (χ0v) is 6.80. The molecule has 0 aliphatic carbocycles. The van der Waals surface area contributed by atoms with Crippen molar-refractivity contribution in [3.05, 3.63) is 0 Å². The van der Waals surface area contributed by atoms with E-state index in [1.807, 2.05) is 0 Å². The van der Waals surface area contributed by atoms with Crippen molar-refractivity contribution in [2.75, 3.05) is 27.4 Å². The Morgan fingerprint density at radius 3 is 2.00 bits per heavy atom. The maximum absolute atomic E-state index is 5.38. The molecule has 0 saturated carbocycles. The second-order valence-corrected chi connectivity index (χ2v) is 2.35. The van der Waals surface area contributed by atoms with Crippen molar-refractivity contribution in [1.82, 2.24) is 0 Å². The molecule has 2 radical (unpaired) electrons. The Morgan fingerprint density at radius 1 is 1.20 bits per heavy atom.